The Bertz CT molecular complexity index is 756. The maximum Gasteiger partial charge on any atom is 0.238 e. The van der Waals surface area contributed by atoms with Gasteiger partial charge in [-0.3, -0.25) is 0 Å². The van der Waals surface area contributed by atoms with Crippen molar-refractivity contribution in [3.05, 3.63) is 53.6 Å². The summed E-state index contributed by atoms with van der Waals surface area (Å²) in [7, 11) is -3.94. The number of benzene rings is 2. The summed E-state index contributed by atoms with van der Waals surface area (Å²) in [6.07, 6.45) is 0.631. The van der Waals surface area contributed by atoms with Crippen LogP contribution in [0.2, 0.25) is 0 Å². The number of primary sulfonamides is 1. The fraction of sp³-hybridized carbons (Fsp3) is 0.250. The molecule has 118 valence electrons. The summed E-state index contributed by atoms with van der Waals surface area (Å²) in [4.78, 5) is 0.0365. The monoisotopic (exact) mass is 321 g/mol. The quantitative estimate of drug-likeness (QED) is 0.741. The SMILES string of the molecule is NS(=O)(=O)c1c(CCO)cccc1-c1ccccc1CCO. The third kappa shape index (κ3) is 3.53. The normalized spacial score (nSPS) is 11.6. The summed E-state index contributed by atoms with van der Waals surface area (Å²) in [5, 5.41) is 23.7. The Kier molecular flexibility index (Phi) is 5.31. The Morgan fingerprint density at radius 1 is 0.818 bits per heavy atom. The van der Waals surface area contributed by atoms with Crippen molar-refractivity contribution < 1.29 is 18.6 Å². The van der Waals surface area contributed by atoms with E-state index in [0.29, 0.717) is 17.5 Å². The number of hydrogen-bond donors (Lipinski definition) is 3. The lowest BCUT2D eigenvalue weighted by Crippen LogP contribution is -2.17. The molecule has 0 saturated heterocycles. The summed E-state index contributed by atoms with van der Waals surface area (Å²) in [5.41, 5.74) is 2.55. The molecule has 4 N–H and O–H groups in total. The van der Waals surface area contributed by atoms with Crippen LogP contribution in [0.1, 0.15) is 11.1 Å². The zero-order chi connectivity index (χ0) is 16.2. The molecule has 0 heterocycles. The van der Waals surface area contributed by atoms with E-state index in [2.05, 4.69) is 0 Å². The first-order valence-corrected chi connectivity index (χ1v) is 8.48. The minimum Gasteiger partial charge on any atom is -0.396 e. The van der Waals surface area contributed by atoms with Crippen molar-refractivity contribution in [3.8, 4) is 11.1 Å². The lowest BCUT2D eigenvalue weighted by molar-refractivity contribution is 0.299. The average molecular weight is 321 g/mol. The molecule has 0 bridgehead atoms. The molecule has 5 nitrogen and oxygen atoms in total. The van der Waals surface area contributed by atoms with Gasteiger partial charge in [-0.25, -0.2) is 13.6 Å². The minimum absolute atomic E-state index is 0.0297. The number of hydrogen-bond acceptors (Lipinski definition) is 4. The minimum atomic E-state index is -3.94. The van der Waals surface area contributed by atoms with Gasteiger partial charge in [-0.05, 0) is 29.5 Å². The molecule has 0 spiro atoms. The van der Waals surface area contributed by atoms with Gasteiger partial charge in [0.15, 0.2) is 0 Å². The number of nitrogens with two attached hydrogens (primary N) is 1. The molecule has 0 fully saturated rings. The van der Waals surface area contributed by atoms with Crippen molar-refractivity contribution >= 4 is 10.0 Å². The van der Waals surface area contributed by atoms with E-state index in [1.54, 1.807) is 24.3 Å². The first kappa shape index (κ1) is 16.6. The fourth-order valence-corrected chi connectivity index (χ4v) is 3.59. The highest BCUT2D eigenvalue weighted by Gasteiger charge is 2.20. The lowest BCUT2D eigenvalue weighted by Gasteiger charge is -2.15. The van der Waals surface area contributed by atoms with Gasteiger partial charge in [0.05, 0.1) is 4.90 Å². The first-order chi connectivity index (χ1) is 10.5. The van der Waals surface area contributed by atoms with Gasteiger partial charge in [-0.2, -0.15) is 0 Å². The molecule has 0 aliphatic heterocycles. The van der Waals surface area contributed by atoms with Gasteiger partial charge < -0.3 is 10.2 Å². The molecule has 0 radical (unpaired) electrons. The van der Waals surface area contributed by atoms with E-state index in [9.17, 15) is 13.5 Å². The average Bonchev–Trinajstić information content (AvgIpc) is 2.47. The second kappa shape index (κ2) is 7.02. The van der Waals surface area contributed by atoms with Crippen LogP contribution in [-0.2, 0) is 22.9 Å². The van der Waals surface area contributed by atoms with E-state index in [1.165, 1.54) is 0 Å². The molecule has 0 unspecified atom stereocenters. The van der Waals surface area contributed by atoms with Gasteiger partial charge >= 0.3 is 0 Å². The van der Waals surface area contributed by atoms with E-state index < -0.39 is 10.0 Å². The maximum absolute atomic E-state index is 12.0. The molecule has 2 aromatic rings. The molecular formula is C16H19NO4S. The Balaban J connectivity index is 2.73. The Hall–Kier alpha value is -1.73. The number of rotatable bonds is 6. The van der Waals surface area contributed by atoms with E-state index in [0.717, 1.165) is 11.1 Å². The maximum atomic E-state index is 12.0. The molecule has 0 saturated carbocycles. The van der Waals surface area contributed by atoms with Gasteiger partial charge in [-0.15, -0.1) is 0 Å². The van der Waals surface area contributed by atoms with E-state index in [1.807, 2.05) is 18.2 Å². The zero-order valence-corrected chi connectivity index (χ0v) is 12.9. The summed E-state index contributed by atoms with van der Waals surface area (Å²) in [6, 6.07) is 12.4. The van der Waals surface area contributed by atoms with Crippen LogP contribution >= 0.6 is 0 Å². The van der Waals surface area contributed by atoms with Crippen LogP contribution in [0.4, 0.5) is 0 Å². The van der Waals surface area contributed by atoms with Gasteiger partial charge in [0.2, 0.25) is 10.0 Å². The van der Waals surface area contributed by atoms with Gasteiger partial charge in [0.1, 0.15) is 0 Å². The fourth-order valence-electron chi connectivity index (χ4n) is 2.57. The second-order valence-corrected chi connectivity index (χ2v) is 6.44. The van der Waals surface area contributed by atoms with Crippen LogP contribution in [0.5, 0.6) is 0 Å². The summed E-state index contributed by atoms with van der Waals surface area (Å²) in [5.74, 6) is 0. The van der Waals surface area contributed by atoms with E-state index in [4.69, 9.17) is 10.2 Å². The summed E-state index contributed by atoms with van der Waals surface area (Å²) in [6.45, 7) is -0.192. The van der Waals surface area contributed by atoms with Crippen LogP contribution in [0.15, 0.2) is 47.4 Å². The smallest absolute Gasteiger partial charge is 0.238 e. The van der Waals surface area contributed by atoms with Crippen molar-refractivity contribution in [2.75, 3.05) is 13.2 Å². The van der Waals surface area contributed by atoms with Crippen molar-refractivity contribution in [2.24, 2.45) is 5.14 Å². The molecule has 2 aromatic carbocycles. The van der Waals surface area contributed by atoms with Crippen LogP contribution in [0.3, 0.4) is 0 Å². The first-order valence-electron chi connectivity index (χ1n) is 6.93. The van der Waals surface area contributed by atoms with Crippen molar-refractivity contribution in [3.63, 3.8) is 0 Å². The molecule has 0 atom stereocenters. The predicted octanol–water partition coefficient (Wildman–Crippen LogP) is 1.07. The third-order valence-corrected chi connectivity index (χ3v) is 4.50. The van der Waals surface area contributed by atoms with Gasteiger partial charge in [0.25, 0.3) is 0 Å². The van der Waals surface area contributed by atoms with Crippen molar-refractivity contribution in [1.82, 2.24) is 0 Å². The largest absolute Gasteiger partial charge is 0.396 e. The molecule has 6 heteroatoms. The molecule has 0 amide bonds. The standard InChI is InChI=1S/C16H19NO4S/c17-22(20,21)16-13(9-11-19)5-3-7-15(16)14-6-2-1-4-12(14)8-10-18/h1-7,18-19H,8-11H2,(H2,17,20,21). The van der Waals surface area contributed by atoms with Gasteiger partial charge in [0, 0.05) is 18.8 Å². The molecule has 0 aromatic heterocycles. The molecule has 0 aliphatic carbocycles. The van der Waals surface area contributed by atoms with Crippen LogP contribution in [-0.4, -0.2) is 31.8 Å². The number of sulfonamides is 1. The van der Waals surface area contributed by atoms with Gasteiger partial charge in [-0.1, -0.05) is 42.5 Å². The van der Waals surface area contributed by atoms with E-state index in [-0.39, 0.29) is 24.5 Å². The van der Waals surface area contributed by atoms with Crippen molar-refractivity contribution in [1.29, 1.82) is 0 Å². The number of aliphatic hydroxyl groups excluding tert-OH is 2. The van der Waals surface area contributed by atoms with Crippen LogP contribution in [0, 0.1) is 0 Å². The van der Waals surface area contributed by atoms with E-state index >= 15 is 0 Å². The summed E-state index contributed by atoms with van der Waals surface area (Å²) >= 11 is 0. The predicted molar refractivity (Wildman–Crippen MR) is 84.8 cm³/mol. The molecule has 0 aliphatic rings. The molecular weight excluding hydrogens is 302 g/mol. The topological polar surface area (TPSA) is 101 Å². The van der Waals surface area contributed by atoms with Crippen LogP contribution < -0.4 is 5.14 Å². The molecule has 2 rings (SSSR count). The Labute approximate surface area is 130 Å². The zero-order valence-electron chi connectivity index (χ0n) is 12.1. The lowest BCUT2D eigenvalue weighted by atomic mass is 9.96. The molecule has 22 heavy (non-hydrogen) atoms. The summed E-state index contributed by atoms with van der Waals surface area (Å²) < 4.78 is 24.1. The highest BCUT2D eigenvalue weighted by atomic mass is 32.2. The highest BCUT2D eigenvalue weighted by molar-refractivity contribution is 7.89. The van der Waals surface area contributed by atoms with Crippen molar-refractivity contribution in [2.45, 2.75) is 17.7 Å². The highest BCUT2D eigenvalue weighted by Crippen LogP contribution is 2.32. The second-order valence-electron chi connectivity index (χ2n) is 4.94. The third-order valence-electron chi connectivity index (χ3n) is 3.45. The number of aliphatic hydroxyl groups is 2. The Morgan fingerprint density at radius 3 is 2.00 bits per heavy atom. The Morgan fingerprint density at radius 2 is 1.36 bits per heavy atom. The van der Waals surface area contributed by atoms with Crippen LogP contribution in [0.25, 0.3) is 11.1 Å².